The maximum atomic E-state index is 5.05. The monoisotopic (exact) mass is 581 g/mol. The molecule has 0 saturated heterocycles. The van der Waals surface area contributed by atoms with Gasteiger partial charge in [0.25, 0.3) is 0 Å². The van der Waals surface area contributed by atoms with Gasteiger partial charge in [-0.2, -0.15) is 0 Å². The third-order valence-electron chi connectivity index (χ3n) is 7.86. The molecule has 1 aliphatic heterocycles. The average Bonchev–Trinajstić information content (AvgIpc) is 3.11. The Hall–Kier alpha value is -5.45. The molecule has 8 rings (SSSR count). The van der Waals surface area contributed by atoms with Crippen LogP contribution in [0, 0.1) is 0 Å². The molecule has 1 aliphatic rings. The molecule has 0 bridgehead atoms. The second kappa shape index (κ2) is 11.3. The normalized spacial score (nSPS) is 12.0. The van der Waals surface area contributed by atoms with Gasteiger partial charge >= 0.3 is 0 Å². The van der Waals surface area contributed by atoms with Gasteiger partial charge in [0, 0.05) is 32.2 Å². The third kappa shape index (κ3) is 4.96. The smallest absolute Gasteiger partial charge is 0.160 e. The van der Waals surface area contributed by atoms with Gasteiger partial charge < -0.3 is 4.90 Å². The van der Waals surface area contributed by atoms with E-state index in [0.29, 0.717) is 5.82 Å². The zero-order valence-corrected chi connectivity index (χ0v) is 24.7. The molecular formula is C40H27N3S. The van der Waals surface area contributed by atoms with E-state index in [0.717, 1.165) is 44.9 Å². The lowest BCUT2D eigenvalue weighted by Gasteiger charge is -2.33. The molecule has 0 N–H and O–H groups in total. The van der Waals surface area contributed by atoms with Crippen LogP contribution in [-0.4, -0.2) is 9.97 Å². The highest BCUT2D eigenvalue weighted by Gasteiger charge is 2.25. The standard InChI is InChI=1S/C40H27N3S/c1-4-13-28(14-5-1)34-27-35(29-15-6-2-7-16-29)42-40(41-34)32-18-12-17-30(25-32)31-23-24-37-39(26-31)44-38-22-11-10-21-36(38)43(37)33-19-8-3-9-20-33/h1-27H. The first kappa shape index (κ1) is 26.2. The second-order valence-electron chi connectivity index (χ2n) is 10.7. The fraction of sp³-hybridized carbons (Fsp3) is 0. The highest BCUT2D eigenvalue weighted by atomic mass is 32.2. The maximum absolute atomic E-state index is 5.05. The maximum Gasteiger partial charge on any atom is 0.160 e. The second-order valence-corrected chi connectivity index (χ2v) is 11.8. The van der Waals surface area contributed by atoms with Crippen molar-refractivity contribution >= 4 is 28.8 Å². The van der Waals surface area contributed by atoms with E-state index in [1.165, 1.54) is 21.2 Å². The number of nitrogens with zero attached hydrogens (tertiary/aromatic N) is 3. The molecule has 0 unspecified atom stereocenters. The number of para-hydroxylation sites is 2. The van der Waals surface area contributed by atoms with Crippen LogP contribution in [-0.2, 0) is 0 Å². The predicted octanol–water partition coefficient (Wildman–Crippen LogP) is 11.1. The highest BCUT2D eigenvalue weighted by molar-refractivity contribution is 7.99. The predicted molar refractivity (Wildman–Crippen MR) is 183 cm³/mol. The quantitative estimate of drug-likeness (QED) is 0.202. The molecule has 44 heavy (non-hydrogen) atoms. The van der Waals surface area contributed by atoms with E-state index in [1.807, 2.05) is 48.2 Å². The van der Waals surface area contributed by atoms with E-state index in [4.69, 9.17) is 9.97 Å². The third-order valence-corrected chi connectivity index (χ3v) is 8.97. The summed E-state index contributed by atoms with van der Waals surface area (Å²) in [6.07, 6.45) is 0. The van der Waals surface area contributed by atoms with Crippen LogP contribution in [0.1, 0.15) is 0 Å². The van der Waals surface area contributed by atoms with Gasteiger partial charge in [-0.05, 0) is 59.7 Å². The van der Waals surface area contributed by atoms with Crippen LogP contribution in [0.3, 0.4) is 0 Å². The van der Waals surface area contributed by atoms with Crippen LogP contribution in [0.25, 0.3) is 45.0 Å². The van der Waals surface area contributed by atoms with Gasteiger partial charge in [0.15, 0.2) is 5.82 Å². The first-order valence-electron chi connectivity index (χ1n) is 14.7. The fourth-order valence-corrected chi connectivity index (χ4v) is 6.82. The molecule has 3 nitrogen and oxygen atoms in total. The van der Waals surface area contributed by atoms with Gasteiger partial charge in [0.2, 0.25) is 0 Å². The number of benzene rings is 6. The fourth-order valence-electron chi connectivity index (χ4n) is 5.72. The Bertz CT molecular complexity index is 2040. The summed E-state index contributed by atoms with van der Waals surface area (Å²) in [6, 6.07) is 57.3. The average molecular weight is 582 g/mol. The molecular weight excluding hydrogens is 555 g/mol. The van der Waals surface area contributed by atoms with Crippen LogP contribution in [0.2, 0.25) is 0 Å². The molecule has 0 radical (unpaired) electrons. The molecule has 7 aromatic rings. The molecule has 0 atom stereocenters. The molecule has 4 heteroatoms. The van der Waals surface area contributed by atoms with E-state index in [1.54, 1.807) is 0 Å². The van der Waals surface area contributed by atoms with Crippen LogP contribution in [0.4, 0.5) is 17.1 Å². The lowest BCUT2D eigenvalue weighted by Crippen LogP contribution is -2.14. The molecule has 208 valence electrons. The van der Waals surface area contributed by atoms with Crippen molar-refractivity contribution < 1.29 is 0 Å². The van der Waals surface area contributed by atoms with Gasteiger partial charge in [-0.15, -0.1) is 0 Å². The van der Waals surface area contributed by atoms with Crippen molar-refractivity contribution in [2.75, 3.05) is 4.90 Å². The number of hydrogen-bond acceptors (Lipinski definition) is 4. The summed E-state index contributed by atoms with van der Waals surface area (Å²) in [7, 11) is 0. The molecule has 0 amide bonds. The lowest BCUT2D eigenvalue weighted by molar-refractivity contribution is 1.17. The SMILES string of the molecule is c1ccc(-c2cc(-c3ccccc3)nc(-c3cccc(-c4ccc5c(c4)Sc4ccccc4N5c4ccccc4)c3)n2)cc1. The Morgan fingerprint density at radius 2 is 0.932 bits per heavy atom. The Morgan fingerprint density at radius 1 is 0.386 bits per heavy atom. The van der Waals surface area contributed by atoms with Gasteiger partial charge in [-0.25, -0.2) is 9.97 Å². The number of hydrogen-bond donors (Lipinski definition) is 0. The first-order chi connectivity index (χ1) is 21.8. The van der Waals surface area contributed by atoms with E-state index in [2.05, 4.69) is 132 Å². The van der Waals surface area contributed by atoms with Gasteiger partial charge in [-0.3, -0.25) is 0 Å². The van der Waals surface area contributed by atoms with E-state index in [-0.39, 0.29) is 0 Å². The summed E-state index contributed by atoms with van der Waals surface area (Å²) in [5.41, 5.74) is 10.8. The van der Waals surface area contributed by atoms with Crippen LogP contribution in [0.5, 0.6) is 0 Å². The molecule has 0 fully saturated rings. The van der Waals surface area contributed by atoms with Gasteiger partial charge in [0.05, 0.1) is 22.8 Å². The Kier molecular flexibility index (Phi) is 6.74. The van der Waals surface area contributed by atoms with Crippen LogP contribution < -0.4 is 4.90 Å². The Labute approximate surface area is 261 Å². The van der Waals surface area contributed by atoms with E-state index in [9.17, 15) is 0 Å². The summed E-state index contributed by atoms with van der Waals surface area (Å²) < 4.78 is 0. The molecule has 2 heterocycles. The summed E-state index contributed by atoms with van der Waals surface area (Å²) in [6.45, 7) is 0. The van der Waals surface area contributed by atoms with E-state index < -0.39 is 0 Å². The minimum atomic E-state index is 0.712. The van der Waals surface area contributed by atoms with E-state index >= 15 is 0 Å². The van der Waals surface area contributed by atoms with Crippen molar-refractivity contribution in [1.29, 1.82) is 0 Å². The summed E-state index contributed by atoms with van der Waals surface area (Å²) in [5.74, 6) is 0.712. The minimum absolute atomic E-state index is 0.712. The van der Waals surface area contributed by atoms with Crippen molar-refractivity contribution in [2.24, 2.45) is 0 Å². The topological polar surface area (TPSA) is 29.0 Å². The molecule has 0 saturated carbocycles. The van der Waals surface area contributed by atoms with Crippen molar-refractivity contribution in [3.8, 4) is 45.0 Å². The van der Waals surface area contributed by atoms with Crippen LogP contribution >= 0.6 is 11.8 Å². The lowest BCUT2D eigenvalue weighted by atomic mass is 10.0. The molecule has 0 aliphatic carbocycles. The summed E-state index contributed by atoms with van der Waals surface area (Å²) in [5, 5.41) is 0. The van der Waals surface area contributed by atoms with Gasteiger partial charge in [-0.1, -0.05) is 127 Å². The number of aromatic nitrogens is 2. The first-order valence-corrected chi connectivity index (χ1v) is 15.5. The zero-order valence-electron chi connectivity index (χ0n) is 23.8. The zero-order chi connectivity index (χ0) is 29.3. The van der Waals surface area contributed by atoms with Gasteiger partial charge in [0.1, 0.15) is 0 Å². The molecule has 1 aromatic heterocycles. The summed E-state index contributed by atoms with van der Waals surface area (Å²) in [4.78, 5) is 14.9. The molecule has 6 aromatic carbocycles. The highest BCUT2D eigenvalue weighted by Crippen LogP contribution is 2.52. The number of rotatable bonds is 5. The number of fused-ring (bicyclic) bond motifs is 2. The van der Waals surface area contributed by atoms with Crippen LogP contribution in [0.15, 0.2) is 174 Å². The Balaban J connectivity index is 1.21. The number of anilines is 3. The van der Waals surface area contributed by atoms with Crippen molar-refractivity contribution in [1.82, 2.24) is 9.97 Å². The van der Waals surface area contributed by atoms with Crippen molar-refractivity contribution in [3.63, 3.8) is 0 Å². The van der Waals surface area contributed by atoms with Crippen molar-refractivity contribution in [3.05, 3.63) is 164 Å². The largest absolute Gasteiger partial charge is 0.308 e. The minimum Gasteiger partial charge on any atom is -0.308 e. The van der Waals surface area contributed by atoms with Crippen molar-refractivity contribution in [2.45, 2.75) is 9.79 Å². The summed E-state index contributed by atoms with van der Waals surface area (Å²) >= 11 is 1.82. The molecule has 0 spiro atoms. The Morgan fingerprint density at radius 3 is 1.64 bits per heavy atom.